The molecule has 1 aromatic carbocycles. The zero-order chi connectivity index (χ0) is 13.0. The average Bonchev–Trinajstić information content (AvgIpc) is 2.36. The molecule has 0 fully saturated rings. The monoisotopic (exact) mass is 243 g/mol. The molecule has 1 heterocycles. The first-order valence-corrected chi connectivity index (χ1v) is 5.92. The summed E-state index contributed by atoms with van der Waals surface area (Å²) in [6.07, 6.45) is 0. The maximum absolute atomic E-state index is 8.96. The molecule has 2 aromatic rings. The highest BCUT2D eigenvalue weighted by molar-refractivity contribution is 5.31. The van der Waals surface area contributed by atoms with Crippen LogP contribution in [0.25, 0.3) is 0 Å². The molecule has 0 saturated carbocycles. The minimum Gasteiger partial charge on any atom is -0.392 e. The van der Waals surface area contributed by atoms with E-state index in [4.69, 9.17) is 5.11 Å². The van der Waals surface area contributed by atoms with E-state index in [1.807, 2.05) is 44.2 Å². The van der Waals surface area contributed by atoms with Gasteiger partial charge in [0.1, 0.15) is 0 Å². The van der Waals surface area contributed by atoms with E-state index < -0.39 is 0 Å². The number of nitrogens with one attached hydrogen (secondary N) is 1. The van der Waals surface area contributed by atoms with Gasteiger partial charge in [0.2, 0.25) is 5.95 Å². The van der Waals surface area contributed by atoms with E-state index in [0.717, 1.165) is 22.5 Å². The number of rotatable bonds is 4. The Hall–Kier alpha value is -1.94. The summed E-state index contributed by atoms with van der Waals surface area (Å²) in [5, 5.41) is 12.2. The Kier molecular flexibility index (Phi) is 3.89. The predicted octanol–water partition coefficient (Wildman–Crippen LogP) is 2.20. The van der Waals surface area contributed by atoms with Crippen molar-refractivity contribution in [2.24, 2.45) is 0 Å². The fraction of sp³-hybridized carbons (Fsp3) is 0.286. The summed E-state index contributed by atoms with van der Waals surface area (Å²) in [6, 6.07) is 9.75. The van der Waals surface area contributed by atoms with Gasteiger partial charge in [-0.25, -0.2) is 9.97 Å². The van der Waals surface area contributed by atoms with E-state index in [0.29, 0.717) is 12.5 Å². The highest BCUT2D eigenvalue weighted by Gasteiger charge is 1.99. The zero-order valence-electron chi connectivity index (χ0n) is 10.6. The molecule has 0 radical (unpaired) electrons. The highest BCUT2D eigenvalue weighted by atomic mass is 16.3. The summed E-state index contributed by atoms with van der Waals surface area (Å²) in [6.45, 7) is 4.66. The van der Waals surface area contributed by atoms with Gasteiger partial charge in [-0.1, -0.05) is 24.3 Å². The van der Waals surface area contributed by atoms with Crippen LogP contribution in [-0.2, 0) is 13.2 Å². The quantitative estimate of drug-likeness (QED) is 0.864. The molecule has 18 heavy (non-hydrogen) atoms. The fourth-order valence-corrected chi connectivity index (χ4v) is 1.75. The number of aryl methyl sites for hydroxylation is 2. The average molecular weight is 243 g/mol. The Morgan fingerprint density at radius 3 is 2.11 bits per heavy atom. The topological polar surface area (TPSA) is 58.0 Å². The van der Waals surface area contributed by atoms with Crippen LogP contribution in [0.5, 0.6) is 0 Å². The Labute approximate surface area is 107 Å². The van der Waals surface area contributed by atoms with Crippen LogP contribution in [0, 0.1) is 13.8 Å². The first-order chi connectivity index (χ1) is 8.67. The van der Waals surface area contributed by atoms with Crippen molar-refractivity contribution in [3.8, 4) is 0 Å². The van der Waals surface area contributed by atoms with Gasteiger partial charge in [-0.3, -0.25) is 0 Å². The predicted molar refractivity (Wildman–Crippen MR) is 71.2 cm³/mol. The number of hydrogen-bond acceptors (Lipinski definition) is 4. The lowest BCUT2D eigenvalue weighted by atomic mass is 10.1. The van der Waals surface area contributed by atoms with Gasteiger partial charge in [0.15, 0.2) is 0 Å². The van der Waals surface area contributed by atoms with Crippen LogP contribution in [0.1, 0.15) is 22.5 Å². The number of hydrogen-bond donors (Lipinski definition) is 2. The summed E-state index contributed by atoms with van der Waals surface area (Å²) >= 11 is 0. The van der Waals surface area contributed by atoms with Gasteiger partial charge in [0, 0.05) is 17.9 Å². The van der Waals surface area contributed by atoms with Crippen LogP contribution < -0.4 is 5.32 Å². The molecule has 0 aliphatic rings. The lowest BCUT2D eigenvalue weighted by Gasteiger charge is -2.07. The van der Waals surface area contributed by atoms with E-state index >= 15 is 0 Å². The van der Waals surface area contributed by atoms with Crippen molar-refractivity contribution in [3.63, 3.8) is 0 Å². The Morgan fingerprint density at radius 1 is 1.00 bits per heavy atom. The van der Waals surface area contributed by atoms with Crippen LogP contribution in [0.4, 0.5) is 5.95 Å². The van der Waals surface area contributed by atoms with Crippen molar-refractivity contribution in [2.45, 2.75) is 27.0 Å². The van der Waals surface area contributed by atoms with E-state index in [1.165, 1.54) is 0 Å². The molecule has 94 valence electrons. The second-order valence-corrected chi connectivity index (χ2v) is 4.30. The smallest absolute Gasteiger partial charge is 0.223 e. The number of aliphatic hydroxyl groups excluding tert-OH is 1. The lowest BCUT2D eigenvalue weighted by Crippen LogP contribution is -2.05. The molecule has 0 atom stereocenters. The Bertz CT molecular complexity index is 503. The molecule has 4 heteroatoms. The summed E-state index contributed by atoms with van der Waals surface area (Å²) in [7, 11) is 0. The van der Waals surface area contributed by atoms with Crippen molar-refractivity contribution >= 4 is 5.95 Å². The van der Waals surface area contributed by atoms with E-state index in [-0.39, 0.29) is 6.61 Å². The lowest BCUT2D eigenvalue weighted by molar-refractivity contribution is 0.282. The maximum atomic E-state index is 8.96. The molecule has 0 bridgehead atoms. The number of aliphatic hydroxyl groups is 1. The van der Waals surface area contributed by atoms with Crippen LogP contribution >= 0.6 is 0 Å². The van der Waals surface area contributed by atoms with Crippen molar-refractivity contribution in [2.75, 3.05) is 5.32 Å². The van der Waals surface area contributed by atoms with Gasteiger partial charge in [-0.2, -0.15) is 0 Å². The fourth-order valence-electron chi connectivity index (χ4n) is 1.75. The normalized spacial score (nSPS) is 10.4. The second-order valence-electron chi connectivity index (χ2n) is 4.30. The van der Waals surface area contributed by atoms with E-state index in [1.54, 1.807) is 0 Å². The zero-order valence-corrected chi connectivity index (χ0v) is 10.6. The first-order valence-electron chi connectivity index (χ1n) is 5.92. The van der Waals surface area contributed by atoms with Crippen LogP contribution in [0.15, 0.2) is 30.3 Å². The second kappa shape index (κ2) is 5.60. The van der Waals surface area contributed by atoms with Gasteiger partial charge in [-0.05, 0) is 31.0 Å². The van der Waals surface area contributed by atoms with Gasteiger partial charge >= 0.3 is 0 Å². The van der Waals surface area contributed by atoms with Crippen molar-refractivity contribution in [1.82, 2.24) is 9.97 Å². The minimum absolute atomic E-state index is 0.0773. The van der Waals surface area contributed by atoms with Gasteiger partial charge in [0.05, 0.1) is 6.61 Å². The van der Waals surface area contributed by atoms with Crippen LogP contribution in [0.2, 0.25) is 0 Å². The van der Waals surface area contributed by atoms with Crippen molar-refractivity contribution in [1.29, 1.82) is 0 Å². The van der Waals surface area contributed by atoms with Crippen LogP contribution in [-0.4, -0.2) is 15.1 Å². The van der Waals surface area contributed by atoms with Gasteiger partial charge < -0.3 is 10.4 Å². The number of benzene rings is 1. The van der Waals surface area contributed by atoms with Crippen molar-refractivity contribution < 1.29 is 5.11 Å². The molecule has 0 spiro atoms. The molecule has 0 aliphatic carbocycles. The molecule has 0 saturated heterocycles. The summed E-state index contributed by atoms with van der Waals surface area (Å²) < 4.78 is 0. The number of nitrogens with zero attached hydrogens (tertiary/aromatic N) is 2. The molecular weight excluding hydrogens is 226 g/mol. The molecule has 2 rings (SSSR count). The van der Waals surface area contributed by atoms with E-state index in [2.05, 4.69) is 15.3 Å². The Balaban J connectivity index is 2.01. The third-order valence-corrected chi connectivity index (χ3v) is 2.64. The number of anilines is 1. The molecule has 0 amide bonds. The van der Waals surface area contributed by atoms with E-state index in [9.17, 15) is 0 Å². The van der Waals surface area contributed by atoms with Gasteiger partial charge in [0.25, 0.3) is 0 Å². The summed E-state index contributed by atoms with van der Waals surface area (Å²) in [4.78, 5) is 8.64. The summed E-state index contributed by atoms with van der Waals surface area (Å²) in [5.74, 6) is 0.652. The van der Waals surface area contributed by atoms with Gasteiger partial charge in [-0.15, -0.1) is 0 Å². The molecule has 1 aromatic heterocycles. The number of aromatic nitrogens is 2. The molecule has 2 N–H and O–H groups in total. The third kappa shape index (κ3) is 3.28. The molecule has 0 aliphatic heterocycles. The third-order valence-electron chi connectivity index (χ3n) is 2.64. The first kappa shape index (κ1) is 12.5. The summed E-state index contributed by atoms with van der Waals surface area (Å²) in [5.41, 5.74) is 3.97. The molecular formula is C14H17N3O. The SMILES string of the molecule is Cc1cc(C)nc(NCc2ccc(CO)cc2)n1. The standard InChI is InChI=1S/C14H17N3O/c1-10-7-11(2)17-14(16-10)15-8-12-3-5-13(9-18)6-4-12/h3-7,18H,8-9H2,1-2H3,(H,15,16,17). The minimum atomic E-state index is 0.0773. The van der Waals surface area contributed by atoms with Crippen LogP contribution in [0.3, 0.4) is 0 Å². The Morgan fingerprint density at radius 2 is 1.56 bits per heavy atom. The molecule has 4 nitrogen and oxygen atoms in total. The van der Waals surface area contributed by atoms with Crippen molar-refractivity contribution in [3.05, 3.63) is 52.8 Å². The molecule has 0 unspecified atom stereocenters. The largest absolute Gasteiger partial charge is 0.392 e. The highest BCUT2D eigenvalue weighted by Crippen LogP contribution is 2.08. The maximum Gasteiger partial charge on any atom is 0.223 e.